The summed E-state index contributed by atoms with van der Waals surface area (Å²) in [5.74, 6) is -1.81. The molecule has 2 aromatic heterocycles. The quantitative estimate of drug-likeness (QED) is 0.326. The summed E-state index contributed by atoms with van der Waals surface area (Å²) in [6, 6.07) is 9.84. The van der Waals surface area contributed by atoms with Gasteiger partial charge in [-0.15, -0.1) is 11.3 Å². The summed E-state index contributed by atoms with van der Waals surface area (Å²) in [6.07, 6.45) is 5.87. The van der Waals surface area contributed by atoms with Gasteiger partial charge in [0.1, 0.15) is 22.6 Å². The van der Waals surface area contributed by atoms with Crippen LogP contribution in [-0.4, -0.2) is 20.3 Å². The largest absolute Gasteiger partial charge is 0.305 e. The van der Waals surface area contributed by atoms with Gasteiger partial charge in [-0.2, -0.15) is 0 Å². The number of aromatic nitrogens is 3. The van der Waals surface area contributed by atoms with E-state index >= 15 is 0 Å². The minimum absolute atomic E-state index is 0.216. The van der Waals surface area contributed by atoms with Crippen molar-refractivity contribution in [3.63, 3.8) is 0 Å². The summed E-state index contributed by atoms with van der Waals surface area (Å²) in [6.45, 7) is 0. The van der Waals surface area contributed by atoms with Crippen molar-refractivity contribution in [1.29, 1.82) is 0 Å². The van der Waals surface area contributed by atoms with Crippen LogP contribution in [0.15, 0.2) is 53.5 Å². The number of aryl methyl sites for hydroxylation is 2. The molecule has 0 bridgehead atoms. The molecule has 1 aliphatic carbocycles. The first-order valence-electron chi connectivity index (χ1n) is 9.78. The van der Waals surface area contributed by atoms with E-state index in [4.69, 9.17) is 0 Å². The Morgan fingerprint density at radius 2 is 1.97 bits per heavy atom. The highest BCUT2D eigenvalue weighted by Crippen LogP contribution is 2.38. The van der Waals surface area contributed by atoms with Crippen molar-refractivity contribution in [1.82, 2.24) is 14.5 Å². The zero-order chi connectivity index (χ0) is 21.5. The Hall–Kier alpha value is -2.71. The molecule has 0 fully saturated rings. The zero-order valence-electron chi connectivity index (χ0n) is 16.2. The predicted molar refractivity (Wildman–Crippen MR) is 119 cm³/mol. The van der Waals surface area contributed by atoms with Gasteiger partial charge in [-0.25, -0.2) is 18.7 Å². The van der Waals surface area contributed by atoms with Crippen molar-refractivity contribution >= 4 is 33.0 Å². The summed E-state index contributed by atoms with van der Waals surface area (Å²) in [5, 5.41) is 0.288. The fourth-order valence-corrected chi connectivity index (χ4v) is 5.24. The van der Waals surface area contributed by atoms with Crippen molar-refractivity contribution in [2.24, 2.45) is 0 Å². The third-order valence-electron chi connectivity index (χ3n) is 5.38. The number of carbonyl (C=O) groups excluding carboxylic acids is 1. The number of imidazole rings is 1. The van der Waals surface area contributed by atoms with Gasteiger partial charge in [0.05, 0.1) is 10.6 Å². The molecule has 0 atom stereocenters. The van der Waals surface area contributed by atoms with Gasteiger partial charge in [0, 0.05) is 23.9 Å². The second-order valence-corrected chi connectivity index (χ2v) is 9.21. The summed E-state index contributed by atoms with van der Waals surface area (Å²) in [4.78, 5) is 22.6. The average Bonchev–Trinajstić information content (AvgIpc) is 3.34. The Morgan fingerprint density at radius 1 is 1.16 bits per heavy atom. The SMILES string of the molecule is O=C(Cc1c(F)cccc1F)c1nc2c(s1)-c1cc(-n3cnc(Br)c3)ccc1CCC2. The number of ketones is 1. The Bertz CT molecular complexity index is 1290. The number of Topliss-reactive ketones (excluding diaryl/α,β-unsaturated/α-hetero) is 1. The maximum atomic E-state index is 14.0. The molecular weight excluding hydrogens is 484 g/mol. The average molecular weight is 500 g/mol. The second-order valence-electron chi connectivity index (χ2n) is 7.39. The lowest BCUT2D eigenvalue weighted by atomic mass is 10.0. The standard InChI is InChI=1S/C23H16BrF2N3OS/c24-21-11-29(12-27-21)14-8-7-13-3-1-6-19-22(15(13)9-14)31-23(28-19)20(30)10-16-17(25)4-2-5-18(16)26/h2,4-5,7-9,11-12H,1,3,6,10H2. The molecule has 2 heterocycles. The lowest BCUT2D eigenvalue weighted by molar-refractivity contribution is 0.0990. The predicted octanol–water partition coefficient (Wildman–Crippen LogP) is 5.95. The molecule has 0 spiro atoms. The van der Waals surface area contributed by atoms with E-state index in [0.717, 1.165) is 57.8 Å². The van der Waals surface area contributed by atoms with Gasteiger partial charge in [-0.3, -0.25) is 4.79 Å². The highest BCUT2D eigenvalue weighted by molar-refractivity contribution is 9.10. The minimum Gasteiger partial charge on any atom is -0.305 e. The molecule has 0 saturated carbocycles. The molecule has 4 aromatic rings. The van der Waals surface area contributed by atoms with Gasteiger partial charge in [-0.05, 0) is 70.6 Å². The van der Waals surface area contributed by atoms with Crippen molar-refractivity contribution in [2.45, 2.75) is 25.7 Å². The molecule has 5 rings (SSSR count). The molecule has 0 unspecified atom stereocenters. The molecular formula is C23H16BrF2N3OS. The topological polar surface area (TPSA) is 47.8 Å². The van der Waals surface area contributed by atoms with Gasteiger partial charge in [0.15, 0.2) is 10.8 Å². The van der Waals surface area contributed by atoms with Gasteiger partial charge in [-0.1, -0.05) is 12.1 Å². The van der Waals surface area contributed by atoms with E-state index in [2.05, 4.69) is 38.0 Å². The summed E-state index contributed by atoms with van der Waals surface area (Å²) in [5.41, 5.74) is 3.85. The lowest BCUT2D eigenvalue weighted by Gasteiger charge is -2.09. The number of rotatable bonds is 4. The van der Waals surface area contributed by atoms with Crippen LogP contribution in [0.5, 0.6) is 0 Å². The Kier molecular flexibility index (Phi) is 5.27. The van der Waals surface area contributed by atoms with Gasteiger partial charge >= 0.3 is 0 Å². The molecule has 31 heavy (non-hydrogen) atoms. The van der Waals surface area contributed by atoms with E-state index in [-0.39, 0.29) is 22.8 Å². The Balaban J connectivity index is 1.52. The Labute approximate surface area is 189 Å². The minimum atomic E-state index is -0.715. The number of nitrogens with zero attached hydrogens (tertiary/aromatic N) is 3. The number of carbonyl (C=O) groups is 1. The molecule has 8 heteroatoms. The van der Waals surface area contributed by atoms with Crippen molar-refractivity contribution in [2.75, 3.05) is 0 Å². The second kappa shape index (κ2) is 8.09. The first-order valence-corrected chi connectivity index (χ1v) is 11.4. The fraction of sp³-hybridized carbons (Fsp3) is 0.174. The van der Waals surface area contributed by atoms with E-state index < -0.39 is 11.6 Å². The molecule has 156 valence electrons. The number of benzene rings is 2. The van der Waals surface area contributed by atoms with Crippen LogP contribution in [-0.2, 0) is 19.3 Å². The Morgan fingerprint density at radius 3 is 2.71 bits per heavy atom. The van der Waals surface area contributed by atoms with Gasteiger partial charge in [0.2, 0.25) is 0 Å². The molecule has 0 N–H and O–H groups in total. The maximum absolute atomic E-state index is 14.0. The van der Waals surface area contributed by atoms with E-state index in [0.29, 0.717) is 0 Å². The van der Waals surface area contributed by atoms with Crippen molar-refractivity contribution in [3.8, 4) is 16.1 Å². The highest BCUT2D eigenvalue weighted by Gasteiger charge is 2.24. The number of thiazole rings is 1. The van der Waals surface area contributed by atoms with E-state index in [1.54, 1.807) is 6.33 Å². The molecule has 0 saturated heterocycles. The fourth-order valence-electron chi connectivity index (χ4n) is 3.83. The van der Waals surface area contributed by atoms with Gasteiger partial charge in [0.25, 0.3) is 0 Å². The summed E-state index contributed by atoms with van der Waals surface area (Å²) in [7, 11) is 0. The van der Waals surface area contributed by atoms with Crippen molar-refractivity contribution in [3.05, 3.63) is 87.0 Å². The van der Waals surface area contributed by atoms with E-state index in [9.17, 15) is 13.6 Å². The summed E-state index contributed by atoms with van der Waals surface area (Å²) >= 11 is 4.67. The molecule has 0 aliphatic heterocycles. The van der Waals surface area contributed by atoms with Crippen LogP contribution in [0.4, 0.5) is 8.78 Å². The third-order valence-corrected chi connectivity index (χ3v) is 6.96. The highest BCUT2D eigenvalue weighted by atomic mass is 79.9. The number of hydrogen-bond donors (Lipinski definition) is 0. The van der Waals surface area contributed by atoms with Crippen LogP contribution in [0, 0.1) is 11.6 Å². The van der Waals surface area contributed by atoms with Gasteiger partial charge < -0.3 is 4.57 Å². The first kappa shape index (κ1) is 20.2. The van der Waals surface area contributed by atoms with Crippen LogP contribution in [0.25, 0.3) is 16.1 Å². The van der Waals surface area contributed by atoms with Crippen LogP contribution in [0.1, 0.15) is 33.0 Å². The third kappa shape index (κ3) is 3.85. The zero-order valence-corrected chi connectivity index (χ0v) is 18.6. The van der Waals surface area contributed by atoms with Crippen LogP contribution >= 0.6 is 27.3 Å². The molecule has 2 aromatic carbocycles. The lowest BCUT2D eigenvalue weighted by Crippen LogP contribution is -2.07. The molecule has 0 radical (unpaired) electrons. The normalized spacial score (nSPS) is 12.9. The smallest absolute Gasteiger partial charge is 0.195 e. The maximum Gasteiger partial charge on any atom is 0.195 e. The molecule has 0 amide bonds. The first-order chi connectivity index (χ1) is 15.0. The van der Waals surface area contributed by atoms with E-state index in [1.165, 1.54) is 23.0 Å². The van der Waals surface area contributed by atoms with Crippen molar-refractivity contribution < 1.29 is 13.6 Å². The number of fused-ring (bicyclic) bond motifs is 3. The van der Waals surface area contributed by atoms with Crippen LogP contribution in [0.3, 0.4) is 0 Å². The van der Waals surface area contributed by atoms with E-state index in [1.807, 2.05) is 16.8 Å². The summed E-state index contributed by atoms with van der Waals surface area (Å²) < 4.78 is 30.6. The van der Waals surface area contributed by atoms with Crippen LogP contribution < -0.4 is 0 Å². The van der Waals surface area contributed by atoms with Crippen LogP contribution in [0.2, 0.25) is 0 Å². The number of hydrogen-bond acceptors (Lipinski definition) is 4. The molecule has 4 nitrogen and oxygen atoms in total. The number of halogens is 3. The molecule has 1 aliphatic rings. The monoisotopic (exact) mass is 499 g/mol.